The maximum absolute atomic E-state index is 12.9. The van der Waals surface area contributed by atoms with Gasteiger partial charge in [-0.1, -0.05) is 42.0 Å². The Morgan fingerprint density at radius 2 is 1.76 bits per heavy atom. The van der Waals surface area contributed by atoms with Crippen LogP contribution in [0.5, 0.6) is 0 Å². The summed E-state index contributed by atoms with van der Waals surface area (Å²) < 4.78 is 5.32. The predicted octanol–water partition coefficient (Wildman–Crippen LogP) is 3.80. The molecule has 7 heteroatoms. The van der Waals surface area contributed by atoms with Gasteiger partial charge in [0.2, 0.25) is 5.91 Å². The second kappa shape index (κ2) is 10.7. The third-order valence-corrected chi connectivity index (χ3v) is 5.66. The molecule has 2 N–H and O–H groups in total. The Morgan fingerprint density at radius 1 is 1.03 bits per heavy atom. The summed E-state index contributed by atoms with van der Waals surface area (Å²) in [5, 5.41) is 5.54. The molecule has 3 aromatic rings. The molecule has 0 bridgehead atoms. The molecule has 0 atom stereocenters. The third kappa shape index (κ3) is 6.01. The van der Waals surface area contributed by atoms with E-state index >= 15 is 0 Å². The highest BCUT2D eigenvalue weighted by Gasteiger charge is 2.20. The van der Waals surface area contributed by atoms with Crippen LogP contribution in [0.4, 0.5) is 0 Å². The van der Waals surface area contributed by atoms with Gasteiger partial charge in [0.1, 0.15) is 11.5 Å². The second-order valence-electron chi connectivity index (χ2n) is 8.31. The van der Waals surface area contributed by atoms with Crippen molar-refractivity contribution in [1.29, 1.82) is 0 Å². The van der Waals surface area contributed by atoms with E-state index in [4.69, 9.17) is 4.42 Å². The lowest BCUT2D eigenvalue weighted by Gasteiger charge is -2.16. The van der Waals surface area contributed by atoms with Crippen molar-refractivity contribution in [1.82, 2.24) is 15.5 Å². The Kier molecular flexibility index (Phi) is 7.22. The van der Waals surface area contributed by atoms with E-state index < -0.39 is 5.91 Å². The lowest BCUT2D eigenvalue weighted by Crippen LogP contribution is -2.34. The summed E-state index contributed by atoms with van der Waals surface area (Å²) in [6.45, 7) is 3.63. The van der Waals surface area contributed by atoms with Gasteiger partial charge in [-0.3, -0.25) is 14.4 Å². The number of hydrogen-bond acceptors (Lipinski definition) is 4. The van der Waals surface area contributed by atoms with E-state index in [0.29, 0.717) is 24.3 Å². The van der Waals surface area contributed by atoms with Gasteiger partial charge in [0.25, 0.3) is 11.8 Å². The van der Waals surface area contributed by atoms with E-state index in [1.54, 1.807) is 24.3 Å². The van der Waals surface area contributed by atoms with Gasteiger partial charge in [-0.2, -0.15) is 0 Å². The fourth-order valence-corrected chi connectivity index (χ4v) is 3.71. The van der Waals surface area contributed by atoms with Crippen molar-refractivity contribution in [2.24, 2.45) is 0 Å². The fraction of sp³-hybridized carbons (Fsp3) is 0.222. The maximum Gasteiger partial charge on any atom is 0.268 e. The highest BCUT2D eigenvalue weighted by molar-refractivity contribution is 6.05. The van der Waals surface area contributed by atoms with Crippen molar-refractivity contribution in [2.45, 2.75) is 32.9 Å². The molecule has 34 heavy (non-hydrogen) atoms. The zero-order valence-corrected chi connectivity index (χ0v) is 19.0. The first-order valence-corrected chi connectivity index (χ1v) is 11.2. The molecule has 2 aromatic carbocycles. The van der Waals surface area contributed by atoms with Gasteiger partial charge in [0.05, 0.1) is 6.26 Å². The van der Waals surface area contributed by atoms with Gasteiger partial charge in [-0.15, -0.1) is 0 Å². The van der Waals surface area contributed by atoms with Crippen LogP contribution in [0.1, 0.15) is 45.7 Å². The molecule has 0 radical (unpaired) electrons. The monoisotopic (exact) mass is 457 g/mol. The Hall–Kier alpha value is -4.13. The molecule has 1 saturated heterocycles. The molecule has 1 fully saturated rings. The zero-order valence-electron chi connectivity index (χ0n) is 19.0. The number of rotatable bonds is 8. The summed E-state index contributed by atoms with van der Waals surface area (Å²) in [5.74, 6) is -0.160. The number of aryl methyl sites for hydroxylation is 1. The Labute approximate surface area is 198 Å². The lowest BCUT2D eigenvalue weighted by molar-refractivity contribution is -0.128. The highest BCUT2D eigenvalue weighted by Crippen LogP contribution is 2.15. The first kappa shape index (κ1) is 23.0. The summed E-state index contributed by atoms with van der Waals surface area (Å²) in [4.78, 5) is 39.3. The highest BCUT2D eigenvalue weighted by atomic mass is 16.3. The van der Waals surface area contributed by atoms with Gasteiger partial charge in [0.15, 0.2) is 0 Å². The number of hydrogen-bond donors (Lipinski definition) is 2. The van der Waals surface area contributed by atoms with Crippen molar-refractivity contribution in [3.63, 3.8) is 0 Å². The molecular formula is C27H27N3O4. The molecule has 0 aliphatic carbocycles. The van der Waals surface area contributed by atoms with Crippen molar-refractivity contribution in [3.05, 3.63) is 101 Å². The minimum absolute atomic E-state index is 0.0877. The van der Waals surface area contributed by atoms with E-state index in [-0.39, 0.29) is 24.1 Å². The maximum atomic E-state index is 12.9. The molecule has 0 saturated carbocycles. The number of likely N-dealkylation sites (tertiary alicyclic amines) is 1. The molecular weight excluding hydrogens is 430 g/mol. The number of carbonyl (C=O) groups excluding carboxylic acids is 3. The zero-order chi connectivity index (χ0) is 23.9. The Bertz CT molecular complexity index is 1180. The number of amides is 3. The number of nitrogens with zero attached hydrogens (tertiary/aromatic N) is 1. The Balaban J connectivity index is 1.40. The van der Waals surface area contributed by atoms with Gasteiger partial charge in [-0.05, 0) is 48.7 Å². The number of furan rings is 1. The van der Waals surface area contributed by atoms with E-state index in [9.17, 15) is 14.4 Å². The fourth-order valence-electron chi connectivity index (χ4n) is 3.71. The van der Waals surface area contributed by atoms with Crippen molar-refractivity contribution in [2.75, 3.05) is 6.54 Å². The number of benzene rings is 2. The predicted molar refractivity (Wildman–Crippen MR) is 128 cm³/mol. The van der Waals surface area contributed by atoms with E-state index in [1.807, 2.05) is 48.2 Å². The molecule has 0 spiro atoms. The molecule has 0 unspecified atom stereocenters. The van der Waals surface area contributed by atoms with Crippen LogP contribution in [0.25, 0.3) is 6.08 Å². The first-order chi connectivity index (χ1) is 16.5. The topological polar surface area (TPSA) is 91.7 Å². The van der Waals surface area contributed by atoms with Gasteiger partial charge >= 0.3 is 0 Å². The third-order valence-electron chi connectivity index (χ3n) is 5.66. The summed E-state index contributed by atoms with van der Waals surface area (Å²) in [5.41, 5.74) is 3.54. The largest absolute Gasteiger partial charge is 0.465 e. The lowest BCUT2D eigenvalue weighted by atomic mass is 10.1. The summed E-state index contributed by atoms with van der Waals surface area (Å²) in [6.07, 6.45) is 4.54. The van der Waals surface area contributed by atoms with E-state index in [0.717, 1.165) is 29.7 Å². The van der Waals surface area contributed by atoms with Crippen LogP contribution in [0.15, 0.2) is 77.0 Å². The Morgan fingerprint density at radius 3 is 2.41 bits per heavy atom. The molecule has 1 aliphatic rings. The van der Waals surface area contributed by atoms with Crippen LogP contribution >= 0.6 is 0 Å². The average molecular weight is 458 g/mol. The molecule has 7 nitrogen and oxygen atoms in total. The minimum atomic E-state index is -0.427. The van der Waals surface area contributed by atoms with Crippen LogP contribution in [0.2, 0.25) is 0 Å². The van der Waals surface area contributed by atoms with Gasteiger partial charge < -0.3 is 20.0 Å². The SMILES string of the molecule is Cc1ccc(C(=O)N/C(=C\c2ccco2)C(=O)NCc2ccc(CN3CCCC3=O)cc2)cc1. The summed E-state index contributed by atoms with van der Waals surface area (Å²) >= 11 is 0. The smallest absolute Gasteiger partial charge is 0.268 e. The normalized spacial score (nSPS) is 13.7. The second-order valence-corrected chi connectivity index (χ2v) is 8.31. The van der Waals surface area contributed by atoms with Gasteiger partial charge in [-0.25, -0.2) is 0 Å². The molecule has 2 heterocycles. The van der Waals surface area contributed by atoms with Crippen LogP contribution < -0.4 is 10.6 Å². The van der Waals surface area contributed by atoms with Crippen molar-refractivity contribution < 1.29 is 18.8 Å². The van der Waals surface area contributed by atoms with Crippen molar-refractivity contribution >= 4 is 23.8 Å². The quantitative estimate of drug-likeness (QED) is 0.504. The number of nitrogens with one attached hydrogen (secondary N) is 2. The average Bonchev–Trinajstić information content (AvgIpc) is 3.50. The van der Waals surface area contributed by atoms with E-state index in [1.165, 1.54) is 12.3 Å². The van der Waals surface area contributed by atoms with E-state index in [2.05, 4.69) is 10.6 Å². The first-order valence-electron chi connectivity index (χ1n) is 11.2. The van der Waals surface area contributed by atoms with Crippen LogP contribution in [0, 0.1) is 6.92 Å². The van der Waals surface area contributed by atoms with Crippen LogP contribution in [-0.2, 0) is 22.7 Å². The molecule has 1 aromatic heterocycles. The van der Waals surface area contributed by atoms with Gasteiger partial charge in [0, 0.05) is 37.7 Å². The van der Waals surface area contributed by atoms with Crippen molar-refractivity contribution in [3.8, 4) is 0 Å². The number of carbonyl (C=O) groups is 3. The standard InChI is InChI=1S/C27H27N3O4/c1-19-6-12-22(13-7-19)26(32)29-24(16-23-4-3-15-34-23)27(33)28-17-20-8-10-21(11-9-20)18-30-14-2-5-25(30)31/h3-4,6-13,15-16H,2,5,14,17-18H2,1H3,(H,28,33)(H,29,32)/b24-16-. The molecule has 174 valence electrons. The van der Waals surface area contributed by atoms with Crippen LogP contribution in [0.3, 0.4) is 0 Å². The summed E-state index contributed by atoms with van der Waals surface area (Å²) in [7, 11) is 0. The molecule has 3 amide bonds. The molecule has 1 aliphatic heterocycles. The molecule has 4 rings (SSSR count). The minimum Gasteiger partial charge on any atom is -0.465 e. The van der Waals surface area contributed by atoms with Crippen LogP contribution in [-0.4, -0.2) is 29.2 Å². The summed E-state index contributed by atoms with van der Waals surface area (Å²) in [6, 6.07) is 18.3.